The third-order valence-electron chi connectivity index (χ3n) is 1.79. The van der Waals surface area contributed by atoms with Gasteiger partial charge in [-0.2, -0.15) is 0 Å². The van der Waals surface area contributed by atoms with Crippen molar-refractivity contribution in [3.05, 3.63) is 29.8 Å². The van der Waals surface area contributed by atoms with Crippen LogP contribution in [-0.2, 0) is 9.53 Å². The molecule has 0 atom stereocenters. The highest BCUT2D eigenvalue weighted by Crippen LogP contribution is 2.07. The Morgan fingerprint density at radius 2 is 1.81 bits per heavy atom. The SMILES string of the molecule is CC.CCOC(=O)CNc1ccc(C)cc1. The summed E-state index contributed by atoms with van der Waals surface area (Å²) in [6.45, 7) is 8.46. The fourth-order valence-electron chi connectivity index (χ4n) is 1.06. The molecule has 0 amide bonds. The molecule has 0 bridgehead atoms. The molecule has 0 fully saturated rings. The number of carbonyl (C=O) groups excluding carboxylic acids is 1. The van der Waals surface area contributed by atoms with E-state index in [1.54, 1.807) is 6.92 Å². The lowest BCUT2D eigenvalue weighted by molar-refractivity contribution is -0.140. The number of hydrogen-bond acceptors (Lipinski definition) is 3. The van der Waals surface area contributed by atoms with E-state index in [-0.39, 0.29) is 12.5 Å². The van der Waals surface area contributed by atoms with E-state index in [9.17, 15) is 4.79 Å². The van der Waals surface area contributed by atoms with Crippen LogP contribution in [0.2, 0.25) is 0 Å². The third-order valence-corrected chi connectivity index (χ3v) is 1.79. The largest absolute Gasteiger partial charge is 0.465 e. The zero-order chi connectivity index (χ0) is 12.4. The molecule has 3 nitrogen and oxygen atoms in total. The second-order valence-electron chi connectivity index (χ2n) is 3.02. The first-order valence-corrected chi connectivity index (χ1v) is 5.68. The summed E-state index contributed by atoms with van der Waals surface area (Å²) in [5.74, 6) is -0.229. The Morgan fingerprint density at radius 3 is 2.31 bits per heavy atom. The van der Waals surface area contributed by atoms with E-state index < -0.39 is 0 Å². The summed E-state index contributed by atoms with van der Waals surface area (Å²) in [6, 6.07) is 7.87. The second kappa shape index (κ2) is 8.77. The van der Waals surface area contributed by atoms with Crippen LogP contribution in [0, 0.1) is 6.92 Å². The van der Waals surface area contributed by atoms with Crippen molar-refractivity contribution in [2.75, 3.05) is 18.5 Å². The van der Waals surface area contributed by atoms with Crippen molar-refractivity contribution >= 4 is 11.7 Å². The molecule has 1 aromatic carbocycles. The first-order chi connectivity index (χ1) is 7.72. The molecule has 0 aliphatic carbocycles. The number of hydrogen-bond donors (Lipinski definition) is 1. The highest BCUT2D eigenvalue weighted by Gasteiger charge is 1.99. The number of rotatable bonds is 4. The highest BCUT2D eigenvalue weighted by molar-refractivity contribution is 5.74. The molecule has 3 heteroatoms. The van der Waals surface area contributed by atoms with Gasteiger partial charge in [0.05, 0.1) is 6.61 Å². The summed E-state index contributed by atoms with van der Waals surface area (Å²) in [5, 5.41) is 2.98. The molecule has 0 heterocycles. The summed E-state index contributed by atoms with van der Waals surface area (Å²) in [5.41, 5.74) is 2.13. The molecule has 0 aliphatic rings. The molecule has 1 aromatic rings. The Hall–Kier alpha value is -1.51. The molecule has 1 N–H and O–H groups in total. The average molecular weight is 223 g/mol. The van der Waals surface area contributed by atoms with Gasteiger partial charge in [0.2, 0.25) is 0 Å². The molecule has 0 saturated carbocycles. The first kappa shape index (κ1) is 14.5. The van der Waals surface area contributed by atoms with Crippen molar-refractivity contribution in [1.29, 1.82) is 0 Å². The molecular formula is C13H21NO2. The van der Waals surface area contributed by atoms with Gasteiger partial charge in [0, 0.05) is 5.69 Å². The Bertz CT molecular complexity index is 293. The van der Waals surface area contributed by atoms with Crippen molar-refractivity contribution in [2.24, 2.45) is 0 Å². The third kappa shape index (κ3) is 6.06. The molecule has 16 heavy (non-hydrogen) atoms. The standard InChI is InChI=1S/C11H15NO2.C2H6/c1-3-14-11(13)8-12-10-6-4-9(2)5-7-10;1-2/h4-7,12H,3,8H2,1-2H3;1-2H3. The molecule has 0 radical (unpaired) electrons. The number of aryl methyl sites for hydroxylation is 1. The number of nitrogens with one attached hydrogen (secondary N) is 1. The van der Waals surface area contributed by atoms with Crippen molar-refractivity contribution in [1.82, 2.24) is 0 Å². The number of anilines is 1. The Kier molecular flexibility index (Phi) is 7.94. The van der Waals surface area contributed by atoms with E-state index in [2.05, 4.69) is 5.32 Å². The van der Waals surface area contributed by atoms with E-state index in [0.717, 1.165) is 5.69 Å². The van der Waals surface area contributed by atoms with Gasteiger partial charge in [-0.25, -0.2) is 0 Å². The molecule has 0 aromatic heterocycles. The lowest BCUT2D eigenvalue weighted by Gasteiger charge is -2.05. The minimum absolute atomic E-state index is 0.219. The van der Waals surface area contributed by atoms with Gasteiger partial charge in [-0.3, -0.25) is 4.79 Å². The van der Waals surface area contributed by atoms with Gasteiger partial charge in [0.1, 0.15) is 6.54 Å². The number of benzene rings is 1. The molecule has 90 valence electrons. The number of esters is 1. The van der Waals surface area contributed by atoms with E-state index in [1.165, 1.54) is 5.56 Å². The molecule has 1 rings (SSSR count). The summed E-state index contributed by atoms with van der Waals surface area (Å²) in [7, 11) is 0. The van der Waals surface area contributed by atoms with Crippen molar-refractivity contribution in [3.8, 4) is 0 Å². The Balaban J connectivity index is 0.00000106. The van der Waals surface area contributed by atoms with Crippen LogP contribution in [0.4, 0.5) is 5.69 Å². The van der Waals surface area contributed by atoms with Crippen LogP contribution >= 0.6 is 0 Å². The lowest BCUT2D eigenvalue weighted by atomic mass is 10.2. The van der Waals surface area contributed by atoms with Gasteiger partial charge in [0.15, 0.2) is 0 Å². The minimum atomic E-state index is -0.229. The summed E-state index contributed by atoms with van der Waals surface area (Å²) in [6.07, 6.45) is 0. The Morgan fingerprint density at radius 1 is 1.25 bits per heavy atom. The fourth-order valence-corrected chi connectivity index (χ4v) is 1.06. The van der Waals surface area contributed by atoms with E-state index in [1.807, 2.05) is 45.0 Å². The van der Waals surface area contributed by atoms with Crippen LogP contribution in [0.15, 0.2) is 24.3 Å². The van der Waals surface area contributed by atoms with Crippen LogP contribution in [0.1, 0.15) is 26.3 Å². The normalized spacial score (nSPS) is 8.75. The maximum absolute atomic E-state index is 11.0. The first-order valence-electron chi connectivity index (χ1n) is 5.68. The van der Waals surface area contributed by atoms with Gasteiger partial charge in [0.25, 0.3) is 0 Å². The zero-order valence-corrected chi connectivity index (χ0v) is 10.5. The van der Waals surface area contributed by atoms with Gasteiger partial charge >= 0.3 is 5.97 Å². The topological polar surface area (TPSA) is 38.3 Å². The molecular weight excluding hydrogens is 202 g/mol. The molecule has 0 spiro atoms. The monoisotopic (exact) mass is 223 g/mol. The van der Waals surface area contributed by atoms with Crippen LogP contribution < -0.4 is 5.32 Å². The van der Waals surface area contributed by atoms with Crippen molar-refractivity contribution in [2.45, 2.75) is 27.7 Å². The highest BCUT2D eigenvalue weighted by atomic mass is 16.5. The predicted octanol–water partition coefficient (Wildman–Crippen LogP) is 3.00. The minimum Gasteiger partial charge on any atom is -0.465 e. The van der Waals surface area contributed by atoms with Crippen LogP contribution in [0.25, 0.3) is 0 Å². The second-order valence-corrected chi connectivity index (χ2v) is 3.02. The number of carbonyl (C=O) groups is 1. The quantitative estimate of drug-likeness (QED) is 0.797. The summed E-state index contributed by atoms with van der Waals surface area (Å²) >= 11 is 0. The van der Waals surface area contributed by atoms with E-state index in [4.69, 9.17) is 4.74 Å². The van der Waals surface area contributed by atoms with Gasteiger partial charge in [-0.05, 0) is 26.0 Å². The van der Waals surface area contributed by atoms with Crippen LogP contribution in [0.3, 0.4) is 0 Å². The zero-order valence-electron chi connectivity index (χ0n) is 10.5. The molecule has 0 aliphatic heterocycles. The Labute approximate surface area is 97.8 Å². The van der Waals surface area contributed by atoms with Gasteiger partial charge in [-0.15, -0.1) is 0 Å². The number of ether oxygens (including phenoxy) is 1. The smallest absolute Gasteiger partial charge is 0.325 e. The van der Waals surface area contributed by atoms with E-state index >= 15 is 0 Å². The maximum atomic E-state index is 11.0. The molecule has 0 saturated heterocycles. The summed E-state index contributed by atoms with van der Waals surface area (Å²) < 4.78 is 4.79. The van der Waals surface area contributed by atoms with Gasteiger partial charge in [-0.1, -0.05) is 31.5 Å². The van der Waals surface area contributed by atoms with Gasteiger partial charge < -0.3 is 10.1 Å². The maximum Gasteiger partial charge on any atom is 0.325 e. The van der Waals surface area contributed by atoms with Crippen molar-refractivity contribution in [3.63, 3.8) is 0 Å². The fraction of sp³-hybridized carbons (Fsp3) is 0.462. The van der Waals surface area contributed by atoms with Crippen LogP contribution in [-0.4, -0.2) is 19.1 Å². The van der Waals surface area contributed by atoms with Crippen LogP contribution in [0.5, 0.6) is 0 Å². The van der Waals surface area contributed by atoms with E-state index in [0.29, 0.717) is 6.61 Å². The lowest BCUT2D eigenvalue weighted by Crippen LogP contribution is -2.16. The molecule has 0 unspecified atom stereocenters. The predicted molar refractivity (Wildman–Crippen MR) is 67.6 cm³/mol. The summed E-state index contributed by atoms with van der Waals surface area (Å²) in [4.78, 5) is 11.0. The van der Waals surface area contributed by atoms with Crippen molar-refractivity contribution < 1.29 is 9.53 Å². The average Bonchev–Trinajstić information content (AvgIpc) is 2.31.